The van der Waals surface area contributed by atoms with Gasteiger partial charge < -0.3 is 9.84 Å². The molecule has 0 saturated carbocycles. The topological polar surface area (TPSA) is 29.5 Å². The molecule has 2 rings (SSSR count). The molecule has 0 bridgehead atoms. The largest absolute Gasteiger partial charge is 0.508 e. The zero-order chi connectivity index (χ0) is 20.6. The van der Waals surface area contributed by atoms with Crippen LogP contribution in [-0.4, -0.2) is 5.11 Å². The van der Waals surface area contributed by atoms with Gasteiger partial charge in [-0.15, -0.1) is 0 Å². The fourth-order valence-electron chi connectivity index (χ4n) is 3.42. The van der Waals surface area contributed by atoms with Crippen LogP contribution in [0.5, 0.6) is 11.5 Å². The summed E-state index contributed by atoms with van der Waals surface area (Å²) in [6, 6.07) is 8.43. The molecule has 0 aromatic heterocycles. The van der Waals surface area contributed by atoms with Crippen LogP contribution in [0.1, 0.15) is 74.9 Å². The second kappa shape index (κ2) is 7.42. The molecule has 0 saturated heterocycles. The Labute approximate surface area is 164 Å². The van der Waals surface area contributed by atoms with E-state index in [9.17, 15) is 5.11 Å². The fourth-order valence-corrected chi connectivity index (χ4v) is 3.42. The van der Waals surface area contributed by atoms with Crippen molar-refractivity contribution >= 4 is 0 Å². The molecule has 0 aliphatic heterocycles. The van der Waals surface area contributed by atoms with E-state index in [0.717, 1.165) is 23.3 Å². The normalized spacial score (nSPS) is 12.1. The molecule has 0 aliphatic carbocycles. The molecule has 2 aromatic carbocycles. The number of phenolic OH excluding ortho intramolecular Hbond substituents is 1. The minimum absolute atomic E-state index is 0.0264. The summed E-state index contributed by atoms with van der Waals surface area (Å²) < 4.78 is 5.68. The standard InChI is InChI=1S/C25H34O2/c1-10-27-23-12-17(3)19(15-21(23)25(7,8)9)13-18-14-20(24(4,5)6)22(26)11-16(18)2/h10-12,14-15,26H,1,13H2,2-9H3. The summed E-state index contributed by atoms with van der Waals surface area (Å²) in [6.45, 7) is 20.9. The number of aromatic hydroxyl groups is 1. The summed E-state index contributed by atoms with van der Waals surface area (Å²) >= 11 is 0. The van der Waals surface area contributed by atoms with Crippen LogP contribution in [0.3, 0.4) is 0 Å². The first-order valence-corrected chi connectivity index (χ1v) is 9.59. The lowest BCUT2D eigenvalue weighted by molar-refractivity contribution is 0.446. The lowest BCUT2D eigenvalue weighted by Crippen LogP contribution is -2.14. The van der Waals surface area contributed by atoms with E-state index < -0.39 is 0 Å². The smallest absolute Gasteiger partial charge is 0.130 e. The van der Waals surface area contributed by atoms with Crippen molar-refractivity contribution < 1.29 is 9.84 Å². The van der Waals surface area contributed by atoms with Crippen LogP contribution in [0.4, 0.5) is 0 Å². The zero-order valence-electron chi connectivity index (χ0n) is 18.2. The molecule has 0 fully saturated rings. The van der Waals surface area contributed by atoms with Crippen LogP contribution in [0, 0.1) is 13.8 Å². The van der Waals surface area contributed by atoms with Crippen molar-refractivity contribution in [3.05, 3.63) is 70.5 Å². The highest BCUT2D eigenvalue weighted by Gasteiger charge is 2.22. The van der Waals surface area contributed by atoms with Crippen LogP contribution < -0.4 is 4.74 Å². The van der Waals surface area contributed by atoms with Gasteiger partial charge in [-0.25, -0.2) is 0 Å². The van der Waals surface area contributed by atoms with Crippen molar-refractivity contribution in [2.75, 3.05) is 0 Å². The Balaban J connectivity index is 2.56. The molecule has 0 unspecified atom stereocenters. The van der Waals surface area contributed by atoms with Gasteiger partial charge in [0.25, 0.3) is 0 Å². The number of aryl methyl sites for hydroxylation is 2. The van der Waals surface area contributed by atoms with E-state index in [0.29, 0.717) is 5.75 Å². The zero-order valence-corrected chi connectivity index (χ0v) is 18.2. The predicted octanol–water partition coefficient (Wildman–Crippen LogP) is 6.72. The van der Waals surface area contributed by atoms with Gasteiger partial charge in [0.1, 0.15) is 11.5 Å². The number of rotatable bonds is 4. The minimum atomic E-state index is -0.0974. The molecule has 146 valence electrons. The fraction of sp³-hybridized carbons (Fsp3) is 0.440. The van der Waals surface area contributed by atoms with E-state index in [4.69, 9.17) is 4.74 Å². The number of hydrogen-bond donors (Lipinski definition) is 1. The lowest BCUT2D eigenvalue weighted by Gasteiger charge is -2.25. The van der Waals surface area contributed by atoms with E-state index in [1.807, 2.05) is 6.07 Å². The van der Waals surface area contributed by atoms with Crippen molar-refractivity contribution in [1.29, 1.82) is 0 Å². The monoisotopic (exact) mass is 366 g/mol. The Morgan fingerprint density at radius 1 is 0.852 bits per heavy atom. The van der Waals surface area contributed by atoms with Crippen molar-refractivity contribution in [2.24, 2.45) is 0 Å². The molecule has 0 heterocycles. The van der Waals surface area contributed by atoms with E-state index in [-0.39, 0.29) is 10.8 Å². The van der Waals surface area contributed by atoms with Crippen LogP contribution in [0.25, 0.3) is 0 Å². The van der Waals surface area contributed by atoms with Gasteiger partial charge in [-0.1, -0.05) is 60.3 Å². The molecule has 0 amide bonds. The van der Waals surface area contributed by atoms with Crippen molar-refractivity contribution in [3.8, 4) is 11.5 Å². The van der Waals surface area contributed by atoms with Crippen LogP contribution >= 0.6 is 0 Å². The van der Waals surface area contributed by atoms with Gasteiger partial charge in [-0.2, -0.15) is 0 Å². The third kappa shape index (κ3) is 4.74. The molecular weight excluding hydrogens is 332 g/mol. The van der Waals surface area contributed by atoms with Crippen molar-refractivity contribution in [3.63, 3.8) is 0 Å². The molecule has 27 heavy (non-hydrogen) atoms. The maximum Gasteiger partial charge on any atom is 0.130 e. The van der Waals surface area contributed by atoms with Gasteiger partial charge in [0.2, 0.25) is 0 Å². The summed E-state index contributed by atoms with van der Waals surface area (Å²) in [5, 5.41) is 10.4. The minimum Gasteiger partial charge on any atom is -0.508 e. The number of ether oxygens (including phenoxy) is 1. The van der Waals surface area contributed by atoms with Gasteiger partial charge in [0.05, 0.1) is 6.26 Å². The Kier molecular flexibility index (Phi) is 5.79. The molecule has 2 heteroatoms. The highest BCUT2D eigenvalue weighted by molar-refractivity contribution is 5.50. The summed E-state index contributed by atoms with van der Waals surface area (Å²) in [4.78, 5) is 0. The van der Waals surface area contributed by atoms with E-state index >= 15 is 0 Å². The molecule has 0 aliphatic rings. The van der Waals surface area contributed by atoms with Crippen LogP contribution in [-0.2, 0) is 17.3 Å². The molecular formula is C25H34O2. The quantitative estimate of drug-likeness (QED) is 0.609. The average molecular weight is 367 g/mol. The van der Waals surface area contributed by atoms with E-state index in [2.05, 4.69) is 80.2 Å². The molecule has 2 nitrogen and oxygen atoms in total. The SMILES string of the molecule is C=COc1cc(C)c(Cc2cc(C(C)(C)C)c(O)cc2C)cc1C(C)(C)C. The second-order valence-corrected chi connectivity index (χ2v) is 9.53. The Hall–Kier alpha value is -2.22. The van der Waals surface area contributed by atoms with Crippen LogP contribution in [0.15, 0.2) is 37.1 Å². The van der Waals surface area contributed by atoms with Gasteiger partial charge in [-0.3, -0.25) is 0 Å². The number of phenols is 1. The number of hydrogen-bond acceptors (Lipinski definition) is 2. The lowest BCUT2D eigenvalue weighted by atomic mass is 9.81. The summed E-state index contributed by atoms with van der Waals surface area (Å²) in [6.07, 6.45) is 2.32. The van der Waals surface area contributed by atoms with E-state index in [1.54, 1.807) is 0 Å². The summed E-state index contributed by atoms with van der Waals surface area (Å²) in [5.74, 6) is 1.25. The molecule has 0 spiro atoms. The first kappa shape index (κ1) is 21.1. The van der Waals surface area contributed by atoms with E-state index in [1.165, 1.54) is 28.5 Å². The second-order valence-electron chi connectivity index (χ2n) is 9.53. The third-order valence-corrected chi connectivity index (χ3v) is 5.10. The van der Waals surface area contributed by atoms with Gasteiger partial charge in [-0.05, 0) is 71.0 Å². The van der Waals surface area contributed by atoms with Gasteiger partial charge in [0.15, 0.2) is 0 Å². The molecule has 2 aromatic rings. The average Bonchev–Trinajstić information content (AvgIpc) is 2.49. The predicted molar refractivity (Wildman–Crippen MR) is 115 cm³/mol. The van der Waals surface area contributed by atoms with Gasteiger partial charge in [0, 0.05) is 5.56 Å². The highest BCUT2D eigenvalue weighted by atomic mass is 16.5. The summed E-state index contributed by atoms with van der Waals surface area (Å²) in [5.41, 5.74) is 6.89. The number of benzene rings is 2. The molecule has 1 N–H and O–H groups in total. The maximum absolute atomic E-state index is 10.4. The van der Waals surface area contributed by atoms with Gasteiger partial charge >= 0.3 is 0 Å². The maximum atomic E-state index is 10.4. The molecule has 0 atom stereocenters. The Bertz CT molecular complexity index is 846. The summed E-state index contributed by atoms with van der Waals surface area (Å²) in [7, 11) is 0. The third-order valence-electron chi connectivity index (χ3n) is 5.10. The molecule has 0 radical (unpaired) electrons. The first-order valence-electron chi connectivity index (χ1n) is 9.59. The van der Waals surface area contributed by atoms with Crippen LogP contribution in [0.2, 0.25) is 0 Å². The Morgan fingerprint density at radius 3 is 1.81 bits per heavy atom. The highest BCUT2D eigenvalue weighted by Crippen LogP contribution is 2.37. The van der Waals surface area contributed by atoms with Crippen molar-refractivity contribution in [2.45, 2.75) is 72.6 Å². The first-order chi connectivity index (χ1) is 12.3. The van der Waals surface area contributed by atoms with Crippen molar-refractivity contribution in [1.82, 2.24) is 0 Å². The Morgan fingerprint density at radius 2 is 1.33 bits per heavy atom.